The number of anilines is 4. The van der Waals surface area contributed by atoms with Crippen molar-refractivity contribution < 1.29 is 38.3 Å². The lowest BCUT2D eigenvalue weighted by Gasteiger charge is -2.14. The fourth-order valence-electron chi connectivity index (χ4n) is 3.99. The molecule has 0 aliphatic rings. The van der Waals surface area contributed by atoms with Gasteiger partial charge >= 0.3 is 0 Å². The highest BCUT2D eigenvalue weighted by Crippen LogP contribution is 2.27. The molecule has 4 aromatic carbocycles. The Bertz CT molecular complexity index is 1680. The molecule has 0 atom stereocenters. The van der Waals surface area contributed by atoms with Crippen LogP contribution in [0.3, 0.4) is 0 Å². The second-order valence-corrected chi connectivity index (χ2v) is 12.4. The van der Waals surface area contributed by atoms with Gasteiger partial charge in [0.1, 0.15) is 11.6 Å². The molecule has 250 valence electrons. The van der Waals surface area contributed by atoms with Crippen LogP contribution < -0.4 is 21.6 Å². The number of hydrogen-bond donors (Lipinski definition) is 6. The van der Waals surface area contributed by atoms with Crippen molar-refractivity contribution >= 4 is 79.7 Å². The molecule has 4 aromatic rings. The maximum atomic E-state index is 13.6. The third-order valence-electron chi connectivity index (χ3n) is 6.30. The number of carbonyl (C=O) groups is 2. The number of aliphatic hydroxyl groups excluding tert-OH is 2. The van der Waals surface area contributed by atoms with E-state index in [1.165, 1.54) is 36.4 Å². The zero-order valence-electron chi connectivity index (χ0n) is 25.5. The van der Waals surface area contributed by atoms with Crippen LogP contribution in [0.5, 0.6) is 0 Å². The first-order valence-electron chi connectivity index (χ1n) is 14.2. The Morgan fingerprint density at radius 1 is 0.638 bits per heavy atom. The van der Waals surface area contributed by atoms with E-state index < -0.39 is 23.4 Å². The molecule has 0 unspecified atom stereocenters. The summed E-state index contributed by atoms with van der Waals surface area (Å²) in [7, 11) is 0. The molecule has 10 nitrogen and oxygen atoms in total. The standard InChI is InChI=1S/C17H18FIN2O3.C16H16FIN2O3/c1-11-9-13(19)4-6-15(11)20-16-10-12(18)3-5-14(16)17(23)21-24-8-2-7-22;1-10-8-12(18)3-5-14(10)19-15-9-11(17)2-4-13(15)16(22)20-23-7-6-21/h3-6,9-10,20,22H,2,7-8H2,1H3,(H,21,23);2-5,8-9,19,21H,6-7H2,1H3,(H,20,22). The third kappa shape index (κ3) is 12.3. The van der Waals surface area contributed by atoms with Gasteiger partial charge in [-0.2, -0.15) is 0 Å². The van der Waals surface area contributed by atoms with Crippen LogP contribution in [-0.2, 0) is 9.68 Å². The van der Waals surface area contributed by atoms with Crippen molar-refractivity contribution in [3.05, 3.63) is 114 Å². The summed E-state index contributed by atoms with van der Waals surface area (Å²) in [6.45, 7) is 3.80. The van der Waals surface area contributed by atoms with Crippen LogP contribution in [0.1, 0.15) is 38.3 Å². The maximum Gasteiger partial charge on any atom is 0.276 e. The van der Waals surface area contributed by atoms with Crippen LogP contribution in [0, 0.1) is 32.6 Å². The molecule has 0 aromatic heterocycles. The average molecular weight is 874 g/mol. The monoisotopic (exact) mass is 874 g/mol. The topological polar surface area (TPSA) is 141 Å². The Labute approximate surface area is 298 Å². The molecule has 0 heterocycles. The van der Waals surface area contributed by atoms with Crippen LogP contribution >= 0.6 is 45.2 Å². The first kappa shape index (κ1) is 38.0. The third-order valence-corrected chi connectivity index (χ3v) is 7.64. The first-order chi connectivity index (χ1) is 22.5. The summed E-state index contributed by atoms with van der Waals surface area (Å²) in [6.07, 6.45) is 0.413. The Balaban J connectivity index is 0.000000256. The minimum Gasteiger partial charge on any atom is -0.396 e. The molecule has 0 bridgehead atoms. The van der Waals surface area contributed by atoms with Gasteiger partial charge in [0, 0.05) is 25.1 Å². The fourth-order valence-corrected chi connectivity index (χ4v) is 5.28. The molecule has 14 heteroatoms. The Kier molecular flexibility index (Phi) is 15.7. The highest BCUT2D eigenvalue weighted by Gasteiger charge is 2.15. The van der Waals surface area contributed by atoms with E-state index in [0.29, 0.717) is 17.8 Å². The molecular weight excluding hydrogens is 840 g/mol. The Morgan fingerprint density at radius 3 is 1.49 bits per heavy atom. The molecule has 0 aliphatic heterocycles. The van der Waals surface area contributed by atoms with Gasteiger partial charge in [0.2, 0.25) is 0 Å². The highest BCUT2D eigenvalue weighted by molar-refractivity contribution is 14.1. The molecule has 0 saturated heterocycles. The van der Waals surface area contributed by atoms with E-state index >= 15 is 0 Å². The maximum absolute atomic E-state index is 13.6. The molecule has 0 radical (unpaired) electrons. The van der Waals surface area contributed by atoms with Crippen molar-refractivity contribution in [2.24, 2.45) is 0 Å². The fraction of sp³-hybridized carbons (Fsp3) is 0.212. The van der Waals surface area contributed by atoms with Crippen molar-refractivity contribution in [2.45, 2.75) is 20.3 Å². The van der Waals surface area contributed by atoms with E-state index in [9.17, 15) is 18.4 Å². The SMILES string of the molecule is Cc1cc(I)ccc1Nc1cc(F)ccc1C(=O)NOCCCO.Cc1cc(I)ccc1Nc1cc(F)ccc1C(=O)NOCCO. The van der Waals surface area contributed by atoms with Gasteiger partial charge in [-0.05, 0) is 149 Å². The van der Waals surface area contributed by atoms with E-state index in [1.54, 1.807) is 0 Å². The van der Waals surface area contributed by atoms with Crippen molar-refractivity contribution in [3.8, 4) is 0 Å². The largest absolute Gasteiger partial charge is 0.396 e. The lowest BCUT2D eigenvalue weighted by atomic mass is 10.1. The van der Waals surface area contributed by atoms with Crippen LogP contribution in [-0.4, -0.2) is 48.5 Å². The summed E-state index contributed by atoms with van der Waals surface area (Å²) < 4.78 is 29.3. The number of amides is 2. The number of hydrogen-bond acceptors (Lipinski definition) is 8. The molecule has 47 heavy (non-hydrogen) atoms. The van der Waals surface area contributed by atoms with E-state index in [1.807, 2.05) is 50.2 Å². The van der Waals surface area contributed by atoms with Crippen LogP contribution in [0.4, 0.5) is 31.5 Å². The Morgan fingerprint density at radius 2 is 1.09 bits per heavy atom. The molecule has 4 rings (SSSR count). The number of aliphatic hydroxyl groups is 2. The van der Waals surface area contributed by atoms with Gasteiger partial charge in [-0.15, -0.1) is 0 Å². The lowest BCUT2D eigenvalue weighted by Crippen LogP contribution is -2.26. The molecule has 0 fully saturated rings. The van der Waals surface area contributed by atoms with Gasteiger partial charge in [-0.1, -0.05) is 0 Å². The molecule has 0 saturated carbocycles. The van der Waals surface area contributed by atoms with Gasteiger partial charge in [-0.25, -0.2) is 19.7 Å². The normalized spacial score (nSPS) is 10.5. The number of hydroxylamine groups is 2. The average Bonchev–Trinajstić information content (AvgIpc) is 3.02. The quantitative estimate of drug-likeness (QED) is 0.0498. The second kappa shape index (κ2) is 19.4. The van der Waals surface area contributed by atoms with Gasteiger partial charge in [-0.3, -0.25) is 19.3 Å². The van der Waals surface area contributed by atoms with E-state index in [4.69, 9.17) is 19.9 Å². The zero-order valence-corrected chi connectivity index (χ0v) is 29.8. The summed E-state index contributed by atoms with van der Waals surface area (Å²) in [5.74, 6) is -1.91. The number of halogens is 4. The number of benzene rings is 4. The van der Waals surface area contributed by atoms with Crippen LogP contribution in [0.2, 0.25) is 0 Å². The number of aryl methyl sites for hydroxylation is 2. The van der Waals surface area contributed by atoms with E-state index in [2.05, 4.69) is 66.8 Å². The minimum atomic E-state index is -0.524. The number of carbonyl (C=O) groups excluding carboxylic acids is 2. The van der Waals surface area contributed by atoms with Crippen molar-refractivity contribution in [2.75, 3.05) is 37.1 Å². The molecular formula is C33H34F2I2N4O6. The van der Waals surface area contributed by atoms with Crippen molar-refractivity contribution in [1.29, 1.82) is 0 Å². The van der Waals surface area contributed by atoms with Crippen LogP contribution in [0.15, 0.2) is 72.8 Å². The molecule has 2 amide bonds. The molecule has 6 N–H and O–H groups in total. The lowest BCUT2D eigenvalue weighted by molar-refractivity contribution is 0.0169. The smallest absolute Gasteiger partial charge is 0.276 e. The van der Waals surface area contributed by atoms with Gasteiger partial charge in [0.05, 0.1) is 42.3 Å². The summed E-state index contributed by atoms with van der Waals surface area (Å²) in [4.78, 5) is 34.1. The number of nitrogens with one attached hydrogen (secondary N) is 4. The first-order valence-corrected chi connectivity index (χ1v) is 16.4. The Hall–Kier alpha value is -3.42. The van der Waals surface area contributed by atoms with E-state index in [0.717, 1.165) is 29.6 Å². The summed E-state index contributed by atoms with van der Waals surface area (Å²) >= 11 is 4.42. The number of rotatable bonds is 13. The highest BCUT2D eigenvalue weighted by atomic mass is 127. The zero-order chi connectivity index (χ0) is 34.3. The van der Waals surface area contributed by atoms with Crippen molar-refractivity contribution in [3.63, 3.8) is 0 Å². The molecule has 0 aliphatic carbocycles. The second-order valence-electron chi connectivity index (χ2n) is 9.91. The van der Waals surface area contributed by atoms with Crippen molar-refractivity contribution in [1.82, 2.24) is 11.0 Å². The summed E-state index contributed by atoms with van der Waals surface area (Å²) in [5, 5.41) is 23.5. The predicted octanol–water partition coefficient (Wildman–Crippen LogP) is 6.66. The summed E-state index contributed by atoms with van der Waals surface area (Å²) in [5.41, 5.74) is 9.21. The van der Waals surface area contributed by atoms with Gasteiger partial charge in [0.25, 0.3) is 11.8 Å². The van der Waals surface area contributed by atoms with E-state index in [-0.39, 0.29) is 37.6 Å². The minimum absolute atomic E-state index is 0.0219. The van der Waals surface area contributed by atoms with Gasteiger partial charge < -0.3 is 20.8 Å². The summed E-state index contributed by atoms with van der Waals surface area (Å²) in [6, 6.07) is 19.2. The van der Waals surface area contributed by atoms with Crippen LogP contribution in [0.25, 0.3) is 0 Å². The van der Waals surface area contributed by atoms with Gasteiger partial charge in [0.15, 0.2) is 0 Å². The predicted molar refractivity (Wildman–Crippen MR) is 193 cm³/mol. The molecule has 0 spiro atoms.